The minimum Gasteiger partial charge on any atom is -0.354 e. The van der Waals surface area contributed by atoms with Gasteiger partial charge >= 0.3 is 0 Å². The Morgan fingerprint density at radius 2 is 1.54 bits per heavy atom. The maximum atomic E-state index is 12.6. The molecule has 180 valence electrons. The van der Waals surface area contributed by atoms with Crippen molar-refractivity contribution in [3.05, 3.63) is 75.2 Å². The Bertz CT molecular complexity index is 1250. The Labute approximate surface area is 207 Å². The number of thioether (sulfide) groups is 1. The number of nitrogens with zero attached hydrogens (tertiary/aromatic N) is 2. The van der Waals surface area contributed by atoms with E-state index >= 15 is 0 Å². The van der Waals surface area contributed by atoms with Crippen LogP contribution in [0.5, 0.6) is 0 Å². The van der Waals surface area contributed by atoms with E-state index in [-0.39, 0.29) is 54.9 Å². The average Bonchev–Trinajstić information content (AvgIpc) is 3.22. The van der Waals surface area contributed by atoms with Gasteiger partial charge < -0.3 is 5.32 Å². The topological polar surface area (TPSA) is 104 Å². The van der Waals surface area contributed by atoms with Gasteiger partial charge in [-0.15, -0.1) is 0 Å². The minimum atomic E-state index is -0.379. The van der Waals surface area contributed by atoms with Gasteiger partial charge in [0.1, 0.15) is 0 Å². The molecule has 2 aliphatic rings. The van der Waals surface area contributed by atoms with E-state index in [2.05, 4.69) is 5.32 Å². The van der Waals surface area contributed by atoms with Gasteiger partial charge in [-0.05, 0) is 55.8 Å². The van der Waals surface area contributed by atoms with E-state index in [0.717, 1.165) is 38.3 Å². The van der Waals surface area contributed by atoms with Crippen LogP contribution >= 0.6 is 11.8 Å². The zero-order chi connectivity index (χ0) is 25.1. The molecule has 8 nitrogen and oxygen atoms in total. The lowest BCUT2D eigenvalue weighted by atomic mass is 10.1. The first-order chi connectivity index (χ1) is 16.7. The molecule has 0 aliphatic carbocycles. The summed E-state index contributed by atoms with van der Waals surface area (Å²) >= 11 is 0.880. The molecule has 0 atom stereocenters. The molecule has 1 N–H and O–H groups in total. The van der Waals surface area contributed by atoms with Gasteiger partial charge in [0, 0.05) is 26.1 Å². The van der Waals surface area contributed by atoms with E-state index < -0.39 is 0 Å². The summed E-state index contributed by atoms with van der Waals surface area (Å²) in [5.41, 5.74) is 3.62. The van der Waals surface area contributed by atoms with Crippen molar-refractivity contribution in [2.45, 2.75) is 26.7 Å². The van der Waals surface area contributed by atoms with E-state index in [4.69, 9.17) is 0 Å². The number of hydrogen-bond donors (Lipinski definition) is 1. The third-order valence-corrected chi connectivity index (χ3v) is 6.73. The molecule has 2 aromatic carbocycles. The van der Waals surface area contributed by atoms with Crippen LogP contribution in [-0.4, -0.2) is 58.3 Å². The van der Waals surface area contributed by atoms with Crippen LogP contribution in [0.3, 0.4) is 0 Å². The lowest BCUT2D eigenvalue weighted by Gasteiger charge is -2.14. The van der Waals surface area contributed by atoms with Crippen LogP contribution in [-0.2, 0) is 9.59 Å². The Morgan fingerprint density at radius 1 is 0.857 bits per heavy atom. The Morgan fingerprint density at radius 3 is 2.29 bits per heavy atom. The Kier molecular flexibility index (Phi) is 7.16. The first kappa shape index (κ1) is 24.4. The number of rotatable bonds is 8. The smallest absolute Gasteiger partial charge is 0.293 e. The Hall–Kier alpha value is -3.72. The number of carbonyl (C=O) groups is 5. The van der Waals surface area contributed by atoms with Crippen molar-refractivity contribution in [3.8, 4) is 0 Å². The first-order valence-corrected chi connectivity index (χ1v) is 12.1. The number of imide groups is 2. The molecule has 0 saturated carbocycles. The van der Waals surface area contributed by atoms with Crippen molar-refractivity contribution in [2.24, 2.45) is 0 Å². The van der Waals surface area contributed by atoms with Crippen LogP contribution < -0.4 is 5.32 Å². The fourth-order valence-electron chi connectivity index (χ4n) is 3.91. The molecule has 0 unspecified atom stereocenters. The average molecular weight is 492 g/mol. The highest BCUT2D eigenvalue weighted by atomic mass is 32.2. The van der Waals surface area contributed by atoms with Crippen LogP contribution in [0.4, 0.5) is 4.79 Å². The van der Waals surface area contributed by atoms with Crippen LogP contribution in [0.25, 0.3) is 6.08 Å². The number of hydrogen-bond acceptors (Lipinski definition) is 6. The van der Waals surface area contributed by atoms with Crippen molar-refractivity contribution in [2.75, 3.05) is 19.6 Å². The van der Waals surface area contributed by atoms with Gasteiger partial charge in [0.2, 0.25) is 5.91 Å². The molecule has 1 saturated heterocycles. The van der Waals surface area contributed by atoms with Crippen molar-refractivity contribution < 1.29 is 24.0 Å². The fourth-order valence-corrected chi connectivity index (χ4v) is 4.77. The van der Waals surface area contributed by atoms with Crippen molar-refractivity contribution in [1.29, 1.82) is 0 Å². The van der Waals surface area contributed by atoms with Gasteiger partial charge in [0.05, 0.1) is 16.0 Å². The van der Waals surface area contributed by atoms with E-state index in [1.807, 2.05) is 38.1 Å². The number of carbonyl (C=O) groups excluding carboxylic acids is 5. The lowest BCUT2D eigenvalue weighted by molar-refractivity contribution is -0.124. The lowest BCUT2D eigenvalue weighted by Crippen LogP contribution is -2.37. The molecule has 2 heterocycles. The van der Waals surface area contributed by atoms with Crippen LogP contribution in [0.2, 0.25) is 0 Å². The molecule has 4 rings (SSSR count). The monoisotopic (exact) mass is 491 g/mol. The second kappa shape index (κ2) is 10.3. The third-order valence-electron chi connectivity index (χ3n) is 5.82. The molecular weight excluding hydrogens is 466 g/mol. The molecule has 2 aliphatic heterocycles. The predicted molar refractivity (Wildman–Crippen MR) is 133 cm³/mol. The van der Waals surface area contributed by atoms with Crippen LogP contribution in [0.15, 0.2) is 47.4 Å². The van der Waals surface area contributed by atoms with Crippen molar-refractivity contribution in [3.63, 3.8) is 0 Å². The van der Waals surface area contributed by atoms with Gasteiger partial charge in [0.15, 0.2) is 0 Å². The van der Waals surface area contributed by atoms with Crippen molar-refractivity contribution >= 4 is 46.7 Å². The normalized spacial score (nSPS) is 16.5. The highest BCUT2D eigenvalue weighted by Gasteiger charge is 2.36. The molecule has 0 radical (unpaired) electrons. The minimum absolute atomic E-state index is 0.0689. The van der Waals surface area contributed by atoms with Crippen molar-refractivity contribution in [1.82, 2.24) is 15.1 Å². The number of amides is 5. The quantitative estimate of drug-likeness (QED) is 0.448. The summed E-state index contributed by atoms with van der Waals surface area (Å²) in [5, 5.41) is 2.32. The summed E-state index contributed by atoms with van der Waals surface area (Å²) < 4.78 is 0. The maximum Gasteiger partial charge on any atom is 0.293 e. The first-order valence-electron chi connectivity index (χ1n) is 11.3. The number of nitrogens with one attached hydrogen (secondary N) is 1. The van der Waals surface area contributed by atoms with E-state index in [0.29, 0.717) is 22.5 Å². The predicted octanol–water partition coefficient (Wildman–Crippen LogP) is 3.53. The molecule has 35 heavy (non-hydrogen) atoms. The number of fused-ring (bicyclic) bond motifs is 1. The van der Waals surface area contributed by atoms with Gasteiger partial charge in [-0.25, -0.2) is 0 Å². The molecule has 9 heteroatoms. The second-order valence-electron chi connectivity index (χ2n) is 8.51. The van der Waals surface area contributed by atoms with Gasteiger partial charge in [-0.3, -0.25) is 33.8 Å². The molecular formula is C26H25N3O5S. The zero-order valence-corrected chi connectivity index (χ0v) is 20.3. The summed E-state index contributed by atoms with van der Waals surface area (Å²) in [5.74, 6) is -1.34. The number of aryl methyl sites for hydroxylation is 2. The molecule has 0 bridgehead atoms. The number of benzene rings is 2. The highest BCUT2D eigenvalue weighted by molar-refractivity contribution is 8.18. The van der Waals surface area contributed by atoms with E-state index in [1.54, 1.807) is 24.3 Å². The van der Waals surface area contributed by atoms with Gasteiger partial charge in [0.25, 0.3) is 23.0 Å². The largest absolute Gasteiger partial charge is 0.354 e. The second-order valence-corrected chi connectivity index (χ2v) is 9.50. The molecule has 0 aromatic heterocycles. The SMILES string of the molecule is Cc1ccc(/C=C2\SC(=O)N(CCNC(=O)CCCN3C(=O)c4ccc(C)cc4C3=O)C2=O)cc1. The molecule has 0 spiro atoms. The zero-order valence-electron chi connectivity index (χ0n) is 19.5. The summed E-state index contributed by atoms with van der Waals surface area (Å²) in [6.07, 6.45) is 2.11. The maximum absolute atomic E-state index is 12.6. The molecule has 2 aromatic rings. The van der Waals surface area contributed by atoms with Gasteiger partial charge in [-0.2, -0.15) is 0 Å². The Balaban J connectivity index is 1.21. The van der Waals surface area contributed by atoms with Crippen LogP contribution in [0, 0.1) is 13.8 Å². The van der Waals surface area contributed by atoms with Crippen LogP contribution in [0.1, 0.15) is 50.2 Å². The van der Waals surface area contributed by atoms with E-state index in [9.17, 15) is 24.0 Å². The summed E-state index contributed by atoms with van der Waals surface area (Å²) in [4.78, 5) is 64.6. The third kappa shape index (κ3) is 5.35. The summed E-state index contributed by atoms with van der Waals surface area (Å²) in [6, 6.07) is 12.8. The van der Waals surface area contributed by atoms with E-state index in [1.165, 1.54) is 0 Å². The summed E-state index contributed by atoms with van der Waals surface area (Å²) in [7, 11) is 0. The summed E-state index contributed by atoms with van der Waals surface area (Å²) in [6.45, 7) is 4.16. The van der Waals surface area contributed by atoms with Gasteiger partial charge in [-0.1, -0.05) is 41.5 Å². The highest BCUT2D eigenvalue weighted by Crippen LogP contribution is 2.32. The fraction of sp³-hybridized carbons (Fsp3) is 0.269. The standard InChI is InChI=1S/C26H25N3O5S/c1-16-5-8-18(9-6-16)15-21-25(33)29(26(34)35-21)13-11-27-22(30)4-3-12-28-23(31)19-10-7-17(2)14-20(19)24(28)32/h5-10,14-15H,3-4,11-13H2,1-2H3,(H,27,30)/b21-15-. The molecule has 5 amide bonds. The molecule has 1 fully saturated rings.